The van der Waals surface area contributed by atoms with Gasteiger partial charge in [0.2, 0.25) is 0 Å². The van der Waals surface area contributed by atoms with Gasteiger partial charge in [-0.05, 0) is 59.2 Å². The zero-order valence-electron chi connectivity index (χ0n) is 33.9. The van der Waals surface area contributed by atoms with Crippen LogP contribution in [0.2, 0.25) is 0 Å². The molecule has 4 heterocycles. The van der Waals surface area contributed by atoms with Gasteiger partial charge in [-0.1, -0.05) is 170 Å². The minimum atomic E-state index is 0.672. The molecule has 0 atom stereocenters. The van der Waals surface area contributed by atoms with E-state index in [1.165, 1.54) is 30.9 Å². The van der Waals surface area contributed by atoms with Crippen molar-refractivity contribution in [2.75, 3.05) is 0 Å². The summed E-state index contributed by atoms with van der Waals surface area (Å²) in [5.74, 6) is 0.672. The molecule has 0 aliphatic rings. The monoisotopic (exact) mass is 821 g/mol. The molecule has 4 nitrogen and oxygen atoms in total. The van der Waals surface area contributed by atoms with Crippen molar-refractivity contribution in [2.45, 2.75) is 0 Å². The van der Waals surface area contributed by atoms with Gasteiger partial charge in [-0.2, -0.15) is 0 Å². The van der Waals surface area contributed by atoms with Crippen molar-refractivity contribution < 1.29 is 4.42 Å². The summed E-state index contributed by atoms with van der Waals surface area (Å²) in [7, 11) is 0. The average Bonchev–Trinajstić information content (AvgIpc) is 4.03. The van der Waals surface area contributed by atoms with Gasteiger partial charge in [0.25, 0.3) is 0 Å². The van der Waals surface area contributed by atoms with Crippen LogP contribution in [0.15, 0.2) is 217 Å². The molecule has 5 heteroatoms. The molecular weight excluding hydrogens is 787 g/mol. The summed E-state index contributed by atoms with van der Waals surface area (Å²) in [4.78, 5) is 10.9. The lowest BCUT2D eigenvalue weighted by Gasteiger charge is -2.18. The third-order valence-corrected chi connectivity index (χ3v) is 13.5. The van der Waals surface area contributed by atoms with Crippen molar-refractivity contribution in [1.82, 2.24) is 14.5 Å². The number of benzene rings is 9. The molecule has 13 rings (SSSR count). The number of aromatic nitrogens is 3. The maximum absolute atomic E-state index is 7.29. The lowest BCUT2D eigenvalue weighted by atomic mass is 9.89. The normalized spacial score (nSPS) is 11.8. The lowest BCUT2D eigenvalue weighted by molar-refractivity contribution is 0.666. The molecule has 0 aliphatic carbocycles. The Morgan fingerprint density at radius 2 is 0.984 bits per heavy atom. The quantitative estimate of drug-likeness (QED) is 0.168. The molecule has 0 bridgehead atoms. The Labute approximate surface area is 366 Å². The van der Waals surface area contributed by atoms with Gasteiger partial charge in [0.15, 0.2) is 11.4 Å². The van der Waals surface area contributed by atoms with Crippen molar-refractivity contribution in [3.05, 3.63) is 212 Å². The molecule has 0 saturated carbocycles. The zero-order valence-corrected chi connectivity index (χ0v) is 34.7. The average molecular weight is 822 g/mol. The first-order chi connectivity index (χ1) is 31.2. The van der Waals surface area contributed by atoms with Crippen LogP contribution in [0.1, 0.15) is 0 Å². The second-order valence-corrected chi connectivity index (χ2v) is 17.1. The molecule has 0 amide bonds. The Morgan fingerprint density at radius 1 is 0.397 bits per heavy atom. The largest absolute Gasteiger partial charge is 0.454 e. The highest BCUT2D eigenvalue weighted by atomic mass is 32.1. The first kappa shape index (κ1) is 35.6. The van der Waals surface area contributed by atoms with Gasteiger partial charge in [-0.25, -0.2) is 9.97 Å². The van der Waals surface area contributed by atoms with Crippen LogP contribution in [0, 0.1) is 0 Å². The van der Waals surface area contributed by atoms with E-state index in [9.17, 15) is 0 Å². The third-order valence-electron chi connectivity index (χ3n) is 12.4. The van der Waals surface area contributed by atoms with E-state index in [0.717, 1.165) is 89.0 Å². The molecule has 0 saturated heterocycles. The van der Waals surface area contributed by atoms with E-state index in [2.05, 4.69) is 199 Å². The molecule has 9 aromatic carbocycles. The Bertz CT molecular complexity index is 3830. The predicted molar refractivity (Wildman–Crippen MR) is 264 cm³/mol. The predicted octanol–water partition coefficient (Wildman–Crippen LogP) is 16.2. The van der Waals surface area contributed by atoms with Crippen LogP contribution in [-0.2, 0) is 0 Å². The highest BCUT2D eigenvalue weighted by Gasteiger charge is 2.26. The van der Waals surface area contributed by atoms with Crippen molar-refractivity contribution >= 4 is 75.3 Å². The van der Waals surface area contributed by atoms with Crippen LogP contribution < -0.4 is 0 Å². The van der Waals surface area contributed by atoms with Crippen LogP contribution in [0.5, 0.6) is 0 Å². The van der Waals surface area contributed by atoms with Crippen LogP contribution >= 0.6 is 11.3 Å². The molecule has 0 N–H and O–H groups in total. The zero-order chi connectivity index (χ0) is 41.4. The first-order valence-electron chi connectivity index (χ1n) is 21.2. The van der Waals surface area contributed by atoms with Crippen molar-refractivity contribution in [2.24, 2.45) is 0 Å². The number of hydrogen-bond acceptors (Lipinski definition) is 4. The number of rotatable bonds is 6. The van der Waals surface area contributed by atoms with E-state index >= 15 is 0 Å². The molecular formula is C58H35N3OS. The van der Waals surface area contributed by atoms with Gasteiger partial charge in [-0.15, -0.1) is 11.3 Å². The van der Waals surface area contributed by atoms with Crippen molar-refractivity contribution in [1.29, 1.82) is 0 Å². The van der Waals surface area contributed by atoms with Gasteiger partial charge >= 0.3 is 0 Å². The van der Waals surface area contributed by atoms with Crippen molar-refractivity contribution in [3.8, 4) is 61.8 Å². The maximum Gasteiger partial charge on any atom is 0.160 e. The van der Waals surface area contributed by atoms with Crippen LogP contribution in [-0.4, -0.2) is 14.5 Å². The van der Waals surface area contributed by atoms with Crippen LogP contribution in [0.4, 0.5) is 0 Å². The maximum atomic E-state index is 7.29. The number of fused-ring (bicyclic) bond motifs is 9. The third kappa shape index (κ3) is 5.67. The second-order valence-electron chi connectivity index (χ2n) is 16.1. The summed E-state index contributed by atoms with van der Waals surface area (Å²) >= 11 is 1.85. The van der Waals surface area contributed by atoms with Gasteiger partial charge in [0.05, 0.1) is 28.1 Å². The fourth-order valence-electron chi connectivity index (χ4n) is 9.57. The highest BCUT2D eigenvalue weighted by molar-refractivity contribution is 7.25. The number of furan rings is 1. The standard InChI is InChI=1S/C58H35N3OS/c1-5-18-36(19-6-1)40-32-46(54-55(37-20-7-2-8-21-37)59-58(39-24-11-4-12-25-39)60-56(54)38-22-9-3-10-23-38)53-43-28-17-30-48(57(43)62-50(53)33-40)61-47-29-15-13-26-41(47)44-34-45-42-27-14-16-31-51(42)63-52(45)35-49(44)61/h1-35H. The minimum Gasteiger partial charge on any atom is -0.454 e. The van der Waals surface area contributed by atoms with E-state index in [1.807, 2.05) is 29.5 Å². The highest BCUT2D eigenvalue weighted by Crippen LogP contribution is 2.48. The van der Waals surface area contributed by atoms with Gasteiger partial charge < -0.3 is 8.98 Å². The summed E-state index contributed by atoms with van der Waals surface area (Å²) in [6.07, 6.45) is 0. The summed E-state index contributed by atoms with van der Waals surface area (Å²) in [6.45, 7) is 0. The summed E-state index contributed by atoms with van der Waals surface area (Å²) in [5, 5.41) is 7.05. The van der Waals surface area contributed by atoms with E-state index in [-0.39, 0.29) is 0 Å². The second kappa shape index (κ2) is 14.2. The molecule has 63 heavy (non-hydrogen) atoms. The van der Waals surface area contributed by atoms with E-state index in [0.29, 0.717) is 5.82 Å². The molecule has 294 valence electrons. The van der Waals surface area contributed by atoms with Gasteiger partial charge in [-0.3, -0.25) is 0 Å². The Hall–Kier alpha value is -8.12. The summed E-state index contributed by atoms with van der Waals surface area (Å²) in [6, 6.07) is 75.2. The fraction of sp³-hybridized carbons (Fsp3) is 0. The molecule has 0 fully saturated rings. The van der Waals surface area contributed by atoms with E-state index < -0.39 is 0 Å². The van der Waals surface area contributed by atoms with E-state index in [4.69, 9.17) is 14.4 Å². The summed E-state index contributed by atoms with van der Waals surface area (Å²) in [5.41, 5.74) is 13.7. The molecule has 0 spiro atoms. The van der Waals surface area contributed by atoms with E-state index in [1.54, 1.807) is 0 Å². The molecule has 4 aromatic heterocycles. The fourth-order valence-corrected chi connectivity index (χ4v) is 10.7. The van der Waals surface area contributed by atoms with Gasteiger partial charge in [0, 0.05) is 64.0 Å². The number of nitrogens with zero attached hydrogens (tertiary/aromatic N) is 3. The Balaban J connectivity index is 1.16. The minimum absolute atomic E-state index is 0.672. The smallest absolute Gasteiger partial charge is 0.160 e. The van der Waals surface area contributed by atoms with Crippen molar-refractivity contribution in [3.63, 3.8) is 0 Å². The van der Waals surface area contributed by atoms with Crippen LogP contribution in [0.25, 0.3) is 126 Å². The molecule has 0 radical (unpaired) electrons. The summed E-state index contributed by atoms with van der Waals surface area (Å²) < 4.78 is 12.3. The molecule has 0 aliphatic heterocycles. The number of para-hydroxylation sites is 2. The topological polar surface area (TPSA) is 43.9 Å². The van der Waals surface area contributed by atoms with Crippen LogP contribution in [0.3, 0.4) is 0 Å². The van der Waals surface area contributed by atoms with Gasteiger partial charge in [0.1, 0.15) is 5.58 Å². The molecule has 0 unspecified atom stereocenters. The number of hydrogen-bond donors (Lipinski definition) is 0. The number of thiophene rings is 1. The first-order valence-corrected chi connectivity index (χ1v) is 22.0. The Morgan fingerprint density at radius 3 is 1.68 bits per heavy atom. The SMILES string of the molecule is c1ccc(-c2cc(-c3c(-c4ccccc4)nc(-c4ccccc4)nc3-c3ccccc3)c3c(c2)oc2c(-n4c5ccccc5c5cc6c(cc54)sc4ccccc46)cccc23)cc1. The Kier molecular flexibility index (Phi) is 8.05. The lowest BCUT2D eigenvalue weighted by Crippen LogP contribution is -2.01. The molecule has 13 aromatic rings.